The molecule has 0 saturated carbocycles. The number of carbonyl (C=O) groups is 3. The Hall–Kier alpha value is -1.44. The number of imide groups is 1. The summed E-state index contributed by atoms with van der Waals surface area (Å²) in [6, 6.07) is -0.491. The minimum atomic E-state index is -1.06. The molecule has 1 aliphatic heterocycles. The molecule has 7 nitrogen and oxygen atoms in total. The van der Waals surface area contributed by atoms with Crippen LogP contribution in [0.2, 0.25) is 0 Å². The van der Waals surface area contributed by atoms with Gasteiger partial charge in [-0.1, -0.05) is 0 Å². The molecule has 0 bridgehead atoms. The SMILES string of the molecule is CC(C)(C)OC(=O)NC(C)(C)C(C)(C)SC(C)(C)[C@]1(C)NC(=O)NC1=O. The van der Waals surface area contributed by atoms with Crippen LogP contribution in [0.1, 0.15) is 69.2 Å². The van der Waals surface area contributed by atoms with Crippen LogP contribution in [-0.4, -0.2) is 44.2 Å². The van der Waals surface area contributed by atoms with Crippen LogP contribution in [0.4, 0.5) is 9.59 Å². The van der Waals surface area contributed by atoms with Gasteiger partial charge < -0.3 is 15.4 Å². The van der Waals surface area contributed by atoms with Crippen LogP contribution in [0.5, 0.6) is 0 Å². The quantitative estimate of drug-likeness (QED) is 0.630. The van der Waals surface area contributed by atoms with Crippen molar-refractivity contribution in [3.05, 3.63) is 0 Å². The fraction of sp³-hybridized carbons (Fsp3) is 0.833. The predicted octanol–water partition coefficient (Wildman–Crippen LogP) is 3.18. The molecule has 0 spiro atoms. The van der Waals surface area contributed by atoms with Crippen LogP contribution < -0.4 is 16.0 Å². The molecule has 1 heterocycles. The van der Waals surface area contributed by atoms with Gasteiger partial charge >= 0.3 is 12.1 Å². The Morgan fingerprint density at radius 3 is 1.92 bits per heavy atom. The van der Waals surface area contributed by atoms with Crippen LogP contribution in [0, 0.1) is 0 Å². The van der Waals surface area contributed by atoms with Crippen molar-refractivity contribution in [3.8, 4) is 0 Å². The fourth-order valence-corrected chi connectivity index (χ4v) is 4.47. The van der Waals surface area contributed by atoms with Crippen molar-refractivity contribution >= 4 is 29.8 Å². The molecular formula is C18H33N3O4S. The Labute approximate surface area is 160 Å². The van der Waals surface area contributed by atoms with Gasteiger partial charge in [-0.25, -0.2) is 9.59 Å². The first-order chi connectivity index (χ1) is 11.3. The summed E-state index contributed by atoms with van der Waals surface area (Å²) >= 11 is 1.53. The van der Waals surface area contributed by atoms with E-state index in [-0.39, 0.29) is 5.91 Å². The van der Waals surface area contributed by atoms with Gasteiger partial charge in [0.05, 0.1) is 5.54 Å². The average Bonchev–Trinajstić information content (AvgIpc) is 2.59. The topological polar surface area (TPSA) is 96.5 Å². The van der Waals surface area contributed by atoms with Gasteiger partial charge in [0.1, 0.15) is 11.1 Å². The number of amides is 4. The number of hydrogen-bond acceptors (Lipinski definition) is 5. The molecule has 26 heavy (non-hydrogen) atoms. The van der Waals surface area contributed by atoms with Crippen LogP contribution in [0.3, 0.4) is 0 Å². The summed E-state index contributed by atoms with van der Waals surface area (Å²) in [5.74, 6) is -0.353. The first-order valence-electron chi connectivity index (χ1n) is 8.68. The number of rotatable bonds is 5. The Morgan fingerprint density at radius 2 is 1.54 bits per heavy atom. The standard InChI is InChI=1S/C18H33N3O4S/c1-14(2,3)25-13(24)21-15(4,5)16(6,7)26-17(8,9)18(10)11(22)19-12(23)20-18/h1-10H3,(H,21,24)(H2,19,20,22,23)/t18-/m1/s1. The highest BCUT2D eigenvalue weighted by Crippen LogP contribution is 2.48. The largest absolute Gasteiger partial charge is 0.444 e. The second-order valence-corrected chi connectivity index (χ2v) is 11.7. The minimum Gasteiger partial charge on any atom is -0.444 e. The fourth-order valence-electron chi connectivity index (χ4n) is 2.54. The van der Waals surface area contributed by atoms with E-state index >= 15 is 0 Å². The van der Waals surface area contributed by atoms with E-state index in [2.05, 4.69) is 16.0 Å². The second kappa shape index (κ2) is 6.62. The smallest absolute Gasteiger partial charge is 0.408 e. The number of alkyl carbamates (subject to hydrolysis) is 1. The zero-order valence-electron chi connectivity index (χ0n) is 17.5. The van der Waals surface area contributed by atoms with E-state index in [1.165, 1.54) is 11.8 Å². The molecule has 150 valence electrons. The molecule has 8 heteroatoms. The van der Waals surface area contributed by atoms with E-state index in [4.69, 9.17) is 4.74 Å². The highest BCUT2D eigenvalue weighted by atomic mass is 32.2. The van der Waals surface area contributed by atoms with Crippen LogP contribution in [-0.2, 0) is 9.53 Å². The van der Waals surface area contributed by atoms with E-state index in [1.807, 2.05) is 62.3 Å². The molecule has 0 aliphatic carbocycles. The minimum absolute atomic E-state index is 0.353. The lowest BCUT2D eigenvalue weighted by Gasteiger charge is -2.49. The molecule has 1 rings (SSSR count). The van der Waals surface area contributed by atoms with Crippen molar-refractivity contribution in [2.75, 3.05) is 0 Å². The highest BCUT2D eigenvalue weighted by Gasteiger charge is 2.56. The van der Waals surface area contributed by atoms with Gasteiger partial charge in [0.2, 0.25) is 0 Å². The number of hydrogen-bond donors (Lipinski definition) is 3. The van der Waals surface area contributed by atoms with Crippen LogP contribution in [0.25, 0.3) is 0 Å². The maximum absolute atomic E-state index is 12.3. The van der Waals surface area contributed by atoms with Crippen molar-refractivity contribution in [2.45, 2.75) is 95.4 Å². The van der Waals surface area contributed by atoms with E-state index < -0.39 is 38.3 Å². The number of nitrogens with one attached hydrogen (secondary N) is 3. The molecule has 1 aliphatic rings. The molecule has 1 atom stereocenters. The normalized spacial score (nSPS) is 21.9. The number of ether oxygens (including phenoxy) is 1. The third kappa shape index (κ3) is 4.64. The third-order valence-electron chi connectivity index (χ3n) is 5.08. The molecule has 1 fully saturated rings. The van der Waals surface area contributed by atoms with E-state index in [1.54, 1.807) is 6.92 Å². The predicted molar refractivity (Wildman–Crippen MR) is 104 cm³/mol. The summed E-state index contributed by atoms with van der Waals surface area (Å²) in [7, 11) is 0. The molecule has 0 aromatic carbocycles. The molecule has 3 N–H and O–H groups in total. The zero-order valence-corrected chi connectivity index (χ0v) is 18.4. The van der Waals surface area contributed by atoms with Crippen molar-refractivity contribution in [1.82, 2.24) is 16.0 Å². The highest BCUT2D eigenvalue weighted by molar-refractivity contribution is 8.02. The number of thioether (sulfide) groups is 1. The van der Waals surface area contributed by atoms with Gasteiger partial charge in [0.25, 0.3) is 5.91 Å². The summed E-state index contributed by atoms with van der Waals surface area (Å²) in [4.78, 5) is 36.2. The van der Waals surface area contributed by atoms with Gasteiger partial charge in [0.15, 0.2) is 0 Å². The maximum Gasteiger partial charge on any atom is 0.408 e. The zero-order chi connectivity index (χ0) is 20.8. The Bertz CT molecular complexity index is 608. The van der Waals surface area contributed by atoms with Gasteiger partial charge in [-0.2, -0.15) is 0 Å². The first kappa shape index (κ1) is 22.6. The van der Waals surface area contributed by atoms with E-state index in [0.717, 1.165) is 0 Å². The van der Waals surface area contributed by atoms with Gasteiger partial charge in [0, 0.05) is 9.49 Å². The van der Waals surface area contributed by atoms with Crippen LogP contribution >= 0.6 is 11.8 Å². The van der Waals surface area contributed by atoms with Gasteiger partial charge in [-0.05, 0) is 69.2 Å². The van der Waals surface area contributed by atoms with Gasteiger partial charge in [-0.15, -0.1) is 11.8 Å². The summed E-state index contributed by atoms with van der Waals surface area (Å²) in [5.41, 5.74) is -2.29. The number of carbonyl (C=O) groups excluding carboxylic acids is 3. The summed E-state index contributed by atoms with van der Waals surface area (Å²) < 4.78 is 4.25. The third-order valence-corrected chi connectivity index (χ3v) is 7.02. The van der Waals surface area contributed by atoms with Crippen molar-refractivity contribution in [3.63, 3.8) is 0 Å². The molecule has 0 radical (unpaired) electrons. The lowest BCUT2D eigenvalue weighted by molar-refractivity contribution is -0.124. The lowest BCUT2D eigenvalue weighted by Crippen LogP contribution is -2.63. The molecule has 0 aromatic rings. The first-order valence-corrected chi connectivity index (χ1v) is 9.50. The maximum atomic E-state index is 12.3. The molecular weight excluding hydrogens is 354 g/mol. The Balaban J connectivity index is 3.00. The Kier molecular flexibility index (Phi) is 5.75. The van der Waals surface area contributed by atoms with Crippen molar-refractivity contribution in [2.24, 2.45) is 0 Å². The average molecular weight is 388 g/mol. The number of urea groups is 1. The lowest BCUT2D eigenvalue weighted by atomic mass is 9.87. The van der Waals surface area contributed by atoms with Gasteiger partial charge in [-0.3, -0.25) is 10.1 Å². The van der Waals surface area contributed by atoms with E-state index in [0.29, 0.717) is 0 Å². The Morgan fingerprint density at radius 1 is 1.04 bits per heavy atom. The monoisotopic (exact) mass is 387 g/mol. The second-order valence-electron chi connectivity index (χ2n) is 9.41. The molecule has 0 unspecified atom stereocenters. The van der Waals surface area contributed by atoms with E-state index in [9.17, 15) is 14.4 Å². The summed E-state index contributed by atoms with van der Waals surface area (Å²) in [6.07, 6.45) is -0.493. The molecule has 1 saturated heterocycles. The molecule has 4 amide bonds. The molecule has 0 aromatic heterocycles. The summed E-state index contributed by atoms with van der Waals surface area (Å²) in [5, 5.41) is 7.97. The van der Waals surface area contributed by atoms with Crippen LogP contribution in [0.15, 0.2) is 0 Å². The summed E-state index contributed by atoms with van der Waals surface area (Å²) in [6.45, 7) is 18.8. The van der Waals surface area contributed by atoms with Crippen molar-refractivity contribution in [1.29, 1.82) is 0 Å². The van der Waals surface area contributed by atoms with Crippen molar-refractivity contribution < 1.29 is 19.1 Å².